The maximum Gasteiger partial charge on any atom is 0.192 e. The van der Waals surface area contributed by atoms with Gasteiger partial charge in [-0.1, -0.05) is 45.8 Å². The first-order chi connectivity index (χ1) is 8.83. The van der Waals surface area contributed by atoms with Crippen LogP contribution in [0.5, 0.6) is 0 Å². The van der Waals surface area contributed by atoms with Crippen LogP contribution in [0, 0.1) is 0 Å². The Bertz CT molecular complexity index is 261. The third kappa shape index (κ3) is 6.27. The first-order valence-electron chi connectivity index (χ1n) is 8.16. The van der Waals surface area contributed by atoms with E-state index in [1.165, 1.54) is 51.4 Å². The van der Waals surface area contributed by atoms with Crippen LogP contribution in [-0.2, 0) is 4.43 Å². The highest BCUT2D eigenvalue weighted by atomic mass is 28.4. The average molecular weight is 283 g/mol. The quantitative estimate of drug-likeness (QED) is 0.441. The van der Waals surface area contributed by atoms with E-state index in [4.69, 9.17) is 4.43 Å². The summed E-state index contributed by atoms with van der Waals surface area (Å²) in [7, 11) is -1.59. The SMILES string of the molecule is CC(C)(C)[Si](C)(C)OC1CCCC/C=C\CCCC1. The Kier molecular flexibility index (Phi) is 6.82. The minimum Gasteiger partial charge on any atom is -0.414 e. The van der Waals surface area contributed by atoms with Crippen molar-refractivity contribution in [1.29, 1.82) is 0 Å². The van der Waals surface area contributed by atoms with Gasteiger partial charge in [0.1, 0.15) is 0 Å². The smallest absolute Gasteiger partial charge is 0.192 e. The van der Waals surface area contributed by atoms with Crippen molar-refractivity contribution in [3.05, 3.63) is 12.2 Å². The lowest BCUT2D eigenvalue weighted by molar-refractivity contribution is 0.155. The zero-order valence-corrected chi connectivity index (χ0v) is 14.8. The molecule has 0 atom stereocenters. The van der Waals surface area contributed by atoms with E-state index in [-0.39, 0.29) is 0 Å². The highest BCUT2D eigenvalue weighted by Crippen LogP contribution is 2.38. The van der Waals surface area contributed by atoms with Crippen LogP contribution in [0.3, 0.4) is 0 Å². The monoisotopic (exact) mass is 282 g/mol. The molecular weight excluding hydrogens is 248 g/mol. The van der Waals surface area contributed by atoms with Gasteiger partial charge < -0.3 is 4.43 Å². The van der Waals surface area contributed by atoms with E-state index in [1.807, 2.05) is 0 Å². The highest BCUT2D eigenvalue weighted by molar-refractivity contribution is 6.74. The average Bonchev–Trinajstić information content (AvgIpc) is 2.33. The van der Waals surface area contributed by atoms with Crippen molar-refractivity contribution in [3.8, 4) is 0 Å². The second-order valence-corrected chi connectivity index (χ2v) is 12.3. The molecule has 0 N–H and O–H groups in total. The van der Waals surface area contributed by atoms with Gasteiger partial charge in [0.25, 0.3) is 0 Å². The summed E-state index contributed by atoms with van der Waals surface area (Å²) in [4.78, 5) is 0. The molecule has 19 heavy (non-hydrogen) atoms. The molecule has 0 fully saturated rings. The van der Waals surface area contributed by atoms with Gasteiger partial charge >= 0.3 is 0 Å². The molecule has 0 aromatic rings. The zero-order valence-electron chi connectivity index (χ0n) is 13.8. The summed E-state index contributed by atoms with van der Waals surface area (Å²) in [6.07, 6.45) is 15.6. The Labute approximate surface area is 122 Å². The van der Waals surface area contributed by atoms with E-state index < -0.39 is 8.32 Å². The summed E-state index contributed by atoms with van der Waals surface area (Å²) in [5.74, 6) is 0. The van der Waals surface area contributed by atoms with Crippen LogP contribution in [0.15, 0.2) is 12.2 Å². The van der Waals surface area contributed by atoms with Crippen molar-refractivity contribution >= 4 is 8.32 Å². The van der Waals surface area contributed by atoms with E-state index >= 15 is 0 Å². The van der Waals surface area contributed by atoms with Gasteiger partial charge in [0.05, 0.1) is 0 Å². The van der Waals surface area contributed by atoms with Gasteiger partial charge in [0, 0.05) is 6.10 Å². The molecule has 0 spiro atoms. The second kappa shape index (κ2) is 7.63. The van der Waals surface area contributed by atoms with E-state index in [1.54, 1.807) is 0 Å². The lowest BCUT2D eigenvalue weighted by atomic mass is 10.1. The number of allylic oxidation sites excluding steroid dienone is 2. The molecule has 0 saturated heterocycles. The van der Waals surface area contributed by atoms with E-state index in [2.05, 4.69) is 46.0 Å². The fraction of sp³-hybridized carbons (Fsp3) is 0.882. The fourth-order valence-corrected chi connectivity index (χ4v) is 3.78. The summed E-state index contributed by atoms with van der Waals surface area (Å²) in [6.45, 7) is 11.8. The van der Waals surface area contributed by atoms with Crippen LogP contribution in [0.25, 0.3) is 0 Å². The molecule has 0 heterocycles. The topological polar surface area (TPSA) is 9.23 Å². The summed E-state index contributed by atoms with van der Waals surface area (Å²) in [5.41, 5.74) is 0. The maximum absolute atomic E-state index is 6.63. The van der Waals surface area contributed by atoms with Crippen molar-refractivity contribution < 1.29 is 4.43 Å². The van der Waals surface area contributed by atoms with Crippen LogP contribution in [0.4, 0.5) is 0 Å². The third-order valence-electron chi connectivity index (χ3n) is 4.73. The normalized spacial score (nSPS) is 22.8. The van der Waals surface area contributed by atoms with E-state index in [0.717, 1.165) is 0 Å². The number of hydrogen-bond donors (Lipinski definition) is 0. The highest BCUT2D eigenvalue weighted by Gasteiger charge is 2.38. The predicted octanol–water partition coefficient (Wildman–Crippen LogP) is 6.07. The molecule has 0 aromatic heterocycles. The molecule has 2 heteroatoms. The Morgan fingerprint density at radius 3 is 1.79 bits per heavy atom. The molecule has 0 unspecified atom stereocenters. The molecule has 1 rings (SSSR count). The molecule has 1 nitrogen and oxygen atoms in total. The number of hydrogen-bond acceptors (Lipinski definition) is 1. The molecule has 1 aliphatic carbocycles. The molecule has 112 valence electrons. The first-order valence-corrected chi connectivity index (χ1v) is 11.1. The van der Waals surface area contributed by atoms with Crippen LogP contribution in [0.2, 0.25) is 18.1 Å². The van der Waals surface area contributed by atoms with Gasteiger partial charge in [-0.2, -0.15) is 0 Å². The molecule has 0 aliphatic heterocycles. The number of rotatable bonds is 2. The maximum atomic E-state index is 6.63. The van der Waals surface area contributed by atoms with Gasteiger partial charge in [-0.05, 0) is 56.7 Å². The standard InChI is InChI=1S/C17H34OSi/c1-17(2,3)19(4,5)18-16-14-12-10-8-6-7-9-11-13-15-16/h6-7,16H,8-15H2,1-5H3/b7-6-. The zero-order chi connectivity index (χ0) is 14.4. The predicted molar refractivity (Wildman–Crippen MR) is 88.1 cm³/mol. The Hall–Kier alpha value is -0.0831. The van der Waals surface area contributed by atoms with E-state index in [0.29, 0.717) is 11.1 Å². The second-order valence-electron chi connectivity index (χ2n) is 7.54. The molecular formula is C17H34OSi. The van der Waals surface area contributed by atoms with Crippen molar-refractivity contribution in [3.63, 3.8) is 0 Å². The van der Waals surface area contributed by atoms with Gasteiger partial charge in [-0.15, -0.1) is 0 Å². The molecule has 0 aromatic carbocycles. The fourth-order valence-electron chi connectivity index (χ4n) is 2.36. The Morgan fingerprint density at radius 2 is 1.37 bits per heavy atom. The lowest BCUT2D eigenvalue weighted by Gasteiger charge is -2.39. The summed E-state index contributed by atoms with van der Waals surface area (Å²) < 4.78 is 6.63. The lowest BCUT2D eigenvalue weighted by Crippen LogP contribution is -2.44. The van der Waals surface area contributed by atoms with Crippen LogP contribution in [0.1, 0.15) is 72.1 Å². The minimum atomic E-state index is -1.59. The van der Waals surface area contributed by atoms with Crippen LogP contribution in [-0.4, -0.2) is 14.4 Å². The van der Waals surface area contributed by atoms with Gasteiger partial charge in [0.2, 0.25) is 0 Å². The van der Waals surface area contributed by atoms with Crippen molar-refractivity contribution in [1.82, 2.24) is 0 Å². The van der Waals surface area contributed by atoms with Gasteiger partial charge in [-0.3, -0.25) is 0 Å². The van der Waals surface area contributed by atoms with Crippen LogP contribution < -0.4 is 0 Å². The summed E-state index contributed by atoms with van der Waals surface area (Å²) >= 11 is 0. The minimum absolute atomic E-state index is 0.334. The molecule has 0 saturated carbocycles. The Morgan fingerprint density at radius 1 is 0.895 bits per heavy atom. The van der Waals surface area contributed by atoms with Gasteiger partial charge in [0.15, 0.2) is 8.32 Å². The molecule has 0 bridgehead atoms. The summed E-state index contributed by atoms with van der Waals surface area (Å²) in [6, 6.07) is 0. The van der Waals surface area contributed by atoms with Gasteiger partial charge in [-0.25, -0.2) is 0 Å². The molecule has 0 radical (unpaired) electrons. The largest absolute Gasteiger partial charge is 0.414 e. The van der Waals surface area contributed by atoms with Crippen molar-refractivity contribution in [2.45, 2.75) is 96.4 Å². The van der Waals surface area contributed by atoms with E-state index in [9.17, 15) is 0 Å². The van der Waals surface area contributed by atoms with Crippen LogP contribution >= 0.6 is 0 Å². The van der Waals surface area contributed by atoms with Crippen molar-refractivity contribution in [2.24, 2.45) is 0 Å². The molecule has 1 aliphatic rings. The molecule has 0 amide bonds. The van der Waals surface area contributed by atoms with Crippen molar-refractivity contribution in [2.75, 3.05) is 0 Å². The first kappa shape index (κ1) is 17.0. The third-order valence-corrected chi connectivity index (χ3v) is 9.26. The summed E-state index contributed by atoms with van der Waals surface area (Å²) in [5, 5.41) is 0.334. The Balaban J connectivity index is 2.54.